The summed E-state index contributed by atoms with van der Waals surface area (Å²) >= 11 is 0. The molecule has 0 aliphatic carbocycles. The number of quaternary nitrogens is 1. The topological polar surface area (TPSA) is 81.2 Å². The van der Waals surface area contributed by atoms with E-state index < -0.39 is 46.4 Å². The molecule has 0 saturated carbocycles. The average molecular weight is 461 g/mol. The van der Waals surface area contributed by atoms with Crippen LogP contribution < -0.4 is 9.55 Å². The maximum Gasteiger partial charge on any atom is 0.416 e. The van der Waals surface area contributed by atoms with Crippen molar-refractivity contribution in [2.75, 3.05) is 6.54 Å². The molecule has 12 heteroatoms. The van der Waals surface area contributed by atoms with Gasteiger partial charge in [0, 0.05) is 6.42 Å². The van der Waals surface area contributed by atoms with Crippen LogP contribution in [-0.2, 0) is 25.4 Å². The van der Waals surface area contributed by atoms with E-state index in [0.717, 1.165) is 11.8 Å². The van der Waals surface area contributed by atoms with Crippen molar-refractivity contribution in [2.24, 2.45) is 0 Å². The molecule has 0 bridgehead atoms. The van der Waals surface area contributed by atoms with E-state index in [4.69, 9.17) is 4.74 Å². The first-order valence-electron chi connectivity index (χ1n) is 9.17. The van der Waals surface area contributed by atoms with Crippen LogP contribution in [0.4, 0.5) is 32.3 Å². The van der Waals surface area contributed by atoms with Crippen molar-refractivity contribution < 1.29 is 36.3 Å². The molecular weight excluding hydrogens is 444 g/mol. The number of hydrogen-bond donors (Lipinski definition) is 2. The monoisotopic (exact) mass is 461 g/mol. The van der Waals surface area contributed by atoms with Crippen LogP contribution in [0.1, 0.15) is 22.3 Å². The summed E-state index contributed by atoms with van der Waals surface area (Å²) in [6.45, 7) is -0.967. The minimum atomic E-state index is -4.98. The van der Waals surface area contributed by atoms with Crippen LogP contribution in [0, 0.1) is 5.21 Å². The molecular formula is C20H17F6N3O3. The van der Waals surface area contributed by atoms with Crippen molar-refractivity contribution in [3.63, 3.8) is 0 Å². The molecule has 3 rings (SSSR count). The van der Waals surface area contributed by atoms with Crippen molar-refractivity contribution in [1.29, 1.82) is 0 Å². The summed E-state index contributed by atoms with van der Waals surface area (Å²) in [7, 11) is 0. The lowest BCUT2D eigenvalue weighted by atomic mass is 10.1. The molecule has 2 aromatic carbocycles. The van der Waals surface area contributed by atoms with Crippen LogP contribution in [0.5, 0.6) is 5.88 Å². The fourth-order valence-corrected chi connectivity index (χ4v) is 2.84. The van der Waals surface area contributed by atoms with Gasteiger partial charge in [-0.25, -0.2) is 5.21 Å². The molecule has 0 aliphatic heterocycles. The fourth-order valence-electron chi connectivity index (χ4n) is 2.84. The van der Waals surface area contributed by atoms with Crippen LogP contribution in [0.25, 0.3) is 0 Å². The van der Waals surface area contributed by atoms with Gasteiger partial charge in [-0.3, -0.25) is 4.98 Å². The molecule has 1 unspecified atom stereocenters. The van der Waals surface area contributed by atoms with E-state index in [0.29, 0.717) is 12.1 Å². The molecule has 0 aliphatic rings. The van der Waals surface area contributed by atoms with Gasteiger partial charge in [0.1, 0.15) is 13.2 Å². The summed E-state index contributed by atoms with van der Waals surface area (Å²) < 4.78 is 82.8. The first-order chi connectivity index (χ1) is 14.8. The summed E-state index contributed by atoms with van der Waals surface area (Å²) in [5.74, 6) is -0.728. The van der Waals surface area contributed by atoms with Gasteiger partial charge >= 0.3 is 18.3 Å². The number of nitrogens with zero attached hydrogens (tertiary/aromatic N) is 2. The third-order valence-corrected chi connectivity index (χ3v) is 4.45. The Bertz CT molecular complexity index is 1020. The second kappa shape index (κ2) is 8.81. The second-order valence-corrected chi connectivity index (χ2v) is 6.93. The zero-order valence-electron chi connectivity index (χ0n) is 16.2. The highest BCUT2D eigenvalue weighted by molar-refractivity contribution is 5.34. The summed E-state index contributed by atoms with van der Waals surface area (Å²) in [5, 5.41) is 22.4. The number of H-pyrrole nitrogens is 1. The maximum atomic E-state index is 12.9. The van der Waals surface area contributed by atoms with Gasteiger partial charge in [0.05, 0.1) is 17.3 Å². The first-order valence-corrected chi connectivity index (χ1v) is 9.17. The fraction of sp³-hybridized carbons (Fsp3) is 0.250. The number of benzene rings is 2. The Labute approximate surface area is 177 Å². The summed E-state index contributed by atoms with van der Waals surface area (Å²) in [5.41, 5.74) is -2.54. The Morgan fingerprint density at radius 3 is 2.09 bits per heavy atom. The summed E-state index contributed by atoms with van der Waals surface area (Å²) in [4.78, 5) is 4.27. The predicted octanol–water partition coefficient (Wildman–Crippen LogP) is 5.46. The second-order valence-electron chi connectivity index (χ2n) is 6.93. The first kappa shape index (κ1) is 23.6. The molecule has 1 atom stereocenters. The summed E-state index contributed by atoms with van der Waals surface area (Å²) in [6.07, 6.45) is -8.67. The van der Waals surface area contributed by atoms with E-state index in [-0.39, 0.29) is 24.9 Å². The molecule has 0 fully saturated rings. The van der Waals surface area contributed by atoms with Gasteiger partial charge in [0.25, 0.3) is 0 Å². The number of nitrogens with one attached hydrogen (secondary N) is 1. The highest BCUT2D eigenvalue weighted by atomic mass is 19.4. The third-order valence-electron chi connectivity index (χ3n) is 4.45. The Morgan fingerprint density at radius 2 is 1.53 bits per heavy atom. The van der Waals surface area contributed by atoms with E-state index in [1.54, 1.807) is 30.3 Å². The van der Waals surface area contributed by atoms with Crippen molar-refractivity contribution in [2.45, 2.75) is 25.4 Å². The molecule has 0 radical (unpaired) electrons. The van der Waals surface area contributed by atoms with E-state index in [1.165, 1.54) is 0 Å². The minimum Gasteiger partial charge on any atom is -0.591 e. The predicted molar refractivity (Wildman–Crippen MR) is 101 cm³/mol. The van der Waals surface area contributed by atoms with E-state index in [1.807, 2.05) is 0 Å². The standard InChI is InChI=1S/C20H17F6N3O3/c21-19(22,23)15-8-14(9-16(10-15)20(24,25)26)12-32-17-11-27-18(28-17)29(30,31)7-6-13-4-2-1-3-5-13/h1-5,8-11,30H,6-7,12H2,(H,27,28). The molecule has 172 valence electrons. The number of aromatic nitrogens is 2. The van der Waals surface area contributed by atoms with E-state index in [2.05, 4.69) is 9.97 Å². The lowest BCUT2D eigenvalue weighted by Crippen LogP contribution is -2.42. The number of aromatic amines is 1. The zero-order chi connectivity index (χ0) is 23.6. The average Bonchev–Trinajstić information content (AvgIpc) is 3.20. The quantitative estimate of drug-likeness (QED) is 0.278. The van der Waals surface area contributed by atoms with Gasteiger partial charge in [-0.2, -0.15) is 31.2 Å². The minimum absolute atomic E-state index is 0.0118. The molecule has 0 amide bonds. The van der Waals surface area contributed by atoms with Gasteiger partial charge in [0.2, 0.25) is 5.88 Å². The van der Waals surface area contributed by atoms with Gasteiger partial charge in [0.15, 0.2) is 0 Å². The molecule has 2 N–H and O–H groups in total. The normalized spacial score (nSPS) is 14.2. The Morgan fingerprint density at radius 1 is 0.938 bits per heavy atom. The number of ether oxygens (including phenoxy) is 1. The summed E-state index contributed by atoms with van der Waals surface area (Å²) in [6, 6.07) is 9.93. The van der Waals surface area contributed by atoms with Gasteiger partial charge < -0.3 is 9.94 Å². The molecule has 0 spiro atoms. The Hall–Kier alpha value is -3.09. The Balaban J connectivity index is 1.70. The number of hydrogen-bond acceptors (Lipinski definition) is 4. The smallest absolute Gasteiger partial charge is 0.416 e. The van der Waals surface area contributed by atoms with Crippen LogP contribution >= 0.6 is 0 Å². The van der Waals surface area contributed by atoms with Crippen molar-refractivity contribution in [3.05, 3.63) is 82.2 Å². The largest absolute Gasteiger partial charge is 0.591 e. The number of halogens is 6. The lowest BCUT2D eigenvalue weighted by molar-refractivity contribution is -0.143. The third kappa shape index (κ3) is 5.99. The molecule has 1 heterocycles. The highest BCUT2D eigenvalue weighted by Crippen LogP contribution is 2.36. The van der Waals surface area contributed by atoms with Gasteiger partial charge in [-0.1, -0.05) is 30.3 Å². The molecule has 0 saturated heterocycles. The SMILES string of the molecule is [O-][N+](O)(CCc1ccccc1)c1nc(OCc2cc(C(F)(F)F)cc(C(F)(F)F)c2)c[nH]1. The van der Waals surface area contributed by atoms with E-state index in [9.17, 15) is 36.8 Å². The number of alkyl halides is 6. The number of rotatable bonds is 7. The van der Waals surface area contributed by atoms with Crippen LogP contribution in [0.3, 0.4) is 0 Å². The van der Waals surface area contributed by atoms with Crippen LogP contribution in [0.15, 0.2) is 54.7 Å². The van der Waals surface area contributed by atoms with Gasteiger partial charge in [-0.05, 0) is 29.3 Å². The molecule has 6 nitrogen and oxygen atoms in total. The van der Waals surface area contributed by atoms with Crippen LogP contribution in [0.2, 0.25) is 0 Å². The van der Waals surface area contributed by atoms with Gasteiger partial charge in [-0.15, -0.1) is 4.98 Å². The number of hydroxylamine groups is 2. The number of imidazole rings is 1. The zero-order valence-corrected chi connectivity index (χ0v) is 16.2. The van der Waals surface area contributed by atoms with Crippen molar-refractivity contribution in [1.82, 2.24) is 14.8 Å². The lowest BCUT2D eigenvalue weighted by Gasteiger charge is -2.29. The van der Waals surface area contributed by atoms with Crippen LogP contribution in [-0.4, -0.2) is 21.7 Å². The van der Waals surface area contributed by atoms with Crippen molar-refractivity contribution >= 4 is 5.95 Å². The molecule has 32 heavy (non-hydrogen) atoms. The Kier molecular flexibility index (Phi) is 6.49. The molecule has 3 aromatic rings. The van der Waals surface area contributed by atoms with Crippen molar-refractivity contribution in [3.8, 4) is 5.88 Å². The van der Waals surface area contributed by atoms with E-state index >= 15 is 0 Å². The highest BCUT2D eigenvalue weighted by Gasteiger charge is 2.37. The molecule has 1 aromatic heterocycles. The maximum absolute atomic E-state index is 12.9.